The lowest BCUT2D eigenvalue weighted by Gasteiger charge is -2.48. The third-order valence-electron chi connectivity index (χ3n) is 5.53. The molecular formula is C20H32N4OS. The summed E-state index contributed by atoms with van der Waals surface area (Å²) in [6.45, 7) is 11.4. The van der Waals surface area contributed by atoms with Crippen molar-refractivity contribution in [3.8, 4) is 0 Å². The van der Waals surface area contributed by atoms with Gasteiger partial charge in [-0.15, -0.1) is 0 Å². The lowest BCUT2D eigenvalue weighted by molar-refractivity contribution is -0.140. The number of hydrogen-bond acceptors (Lipinski definition) is 5. The molecule has 2 fully saturated rings. The van der Waals surface area contributed by atoms with Crippen molar-refractivity contribution in [3.63, 3.8) is 0 Å². The number of aromatic nitrogens is 2. The van der Waals surface area contributed by atoms with Gasteiger partial charge < -0.3 is 9.80 Å². The van der Waals surface area contributed by atoms with E-state index in [4.69, 9.17) is 0 Å². The number of thioether (sulfide) groups is 1. The molecule has 1 aromatic heterocycles. The second kappa shape index (κ2) is 8.70. The van der Waals surface area contributed by atoms with Gasteiger partial charge >= 0.3 is 0 Å². The largest absolute Gasteiger partial charge is 0.336 e. The fourth-order valence-corrected chi connectivity index (χ4v) is 5.03. The molecule has 5 nitrogen and oxygen atoms in total. The number of rotatable bonds is 6. The quantitative estimate of drug-likeness (QED) is 0.763. The van der Waals surface area contributed by atoms with Crippen molar-refractivity contribution in [3.05, 3.63) is 23.8 Å². The Labute approximate surface area is 162 Å². The Morgan fingerprint density at radius 2 is 2.08 bits per heavy atom. The molecule has 0 unspecified atom stereocenters. The fourth-order valence-electron chi connectivity index (χ4n) is 4.19. The number of amides is 1. The van der Waals surface area contributed by atoms with Crippen LogP contribution in [0.3, 0.4) is 0 Å². The summed E-state index contributed by atoms with van der Waals surface area (Å²) in [5.41, 5.74) is 2.08. The highest BCUT2D eigenvalue weighted by Gasteiger charge is 2.41. The SMILES string of the molecule is Cc1cnc(CN2C[C@]3(CCCN(CCSC(C)C)C3)CCC2=O)cn1. The first-order valence-electron chi connectivity index (χ1n) is 9.85. The standard InChI is InChI=1S/C20H32N4OS/c1-16(2)26-10-9-23-8-4-6-20(14-23)7-5-19(25)24(15-20)13-18-12-21-17(3)11-22-18/h11-12,16H,4-10,13-15H2,1-3H3/t20-/m1/s1. The lowest BCUT2D eigenvalue weighted by Crippen LogP contribution is -2.54. The smallest absolute Gasteiger partial charge is 0.222 e. The molecule has 1 atom stereocenters. The highest BCUT2D eigenvalue weighted by Crippen LogP contribution is 2.39. The van der Waals surface area contributed by atoms with Crippen LogP contribution in [-0.2, 0) is 11.3 Å². The van der Waals surface area contributed by atoms with E-state index < -0.39 is 0 Å². The Balaban J connectivity index is 1.60. The van der Waals surface area contributed by atoms with Gasteiger partial charge in [0.05, 0.1) is 24.1 Å². The summed E-state index contributed by atoms with van der Waals surface area (Å²) in [4.78, 5) is 25.9. The van der Waals surface area contributed by atoms with E-state index in [0.29, 0.717) is 18.2 Å². The van der Waals surface area contributed by atoms with E-state index in [1.165, 1.54) is 31.7 Å². The molecule has 26 heavy (non-hydrogen) atoms. The minimum Gasteiger partial charge on any atom is -0.336 e. The first-order chi connectivity index (χ1) is 12.5. The predicted octanol–water partition coefficient (Wildman–Crippen LogP) is 3.13. The van der Waals surface area contributed by atoms with Gasteiger partial charge in [0.15, 0.2) is 0 Å². The number of hydrogen-bond donors (Lipinski definition) is 0. The lowest BCUT2D eigenvalue weighted by atomic mass is 9.73. The van der Waals surface area contributed by atoms with Gasteiger partial charge in [-0.1, -0.05) is 13.8 Å². The number of nitrogens with zero attached hydrogens (tertiary/aromatic N) is 4. The molecule has 6 heteroatoms. The van der Waals surface area contributed by atoms with Crippen LogP contribution in [0.25, 0.3) is 0 Å². The van der Waals surface area contributed by atoms with Crippen molar-refractivity contribution in [2.75, 3.05) is 31.9 Å². The molecule has 1 amide bonds. The van der Waals surface area contributed by atoms with Crippen LogP contribution in [0, 0.1) is 12.3 Å². The van der Waals surface area contributed by atoms with Crippen molar-refractivity contribution < 1.29 is 4.79 Å². The van der Waals surface area contributed by atoms with Gasteiger partial charge in [-0.25, -0.2) is 0 Å². The highest BCUT2D eigenvalue weighted by atomic mass is 32.2. The van der Waals surface area contributed by atoms with Crippen LogP contribution in [-0.4, -0.2) is 62.9 Å². The molecule has 0 N–H and O–H groups in total. The van der Waals surface area contributed by atoms with E-state index in [-0.39, 0.29) is 11.3 Å². The van der Waals surface area contributed by atoms with Crippen LogP contribution in [0.4, 0.5) is 0 Å². The second-order valence-electron chi connectivity index (χ2n) is 8.20. The van der Waals surface area contributed by atoms with E-state index >= 15 is 0 Å². The van der Waals surface area contributed by atoms with Crippen LogP contribution < -0.4 is 0 Å². The molecule has 144 valence electrons. The Hall–Kier alpha value is -1.14. The van der Waals surface area contributed by atoms with Crippen molar-refractivity contribution in [1.29, 1.82) is 0 Å². The van der Waals surface area contributed by atoms with E-state index in [1.807, 2.05) is 23.6 Å². The molecule has 0 radical (unpaired) electrons. The number of likely N-dealkylation sites (tertiary alicyclic amines) is 2. The summed E-state index contributed by atoms with van der Waals surface area (Å²) in [5, 5.41) is 0.701. The summed E-state index contributed by atoms with van der Waals surface area (Å²) < 4.78 is 0. The highest BCUT2D eigenvalue weighted by molar-refractivity contribution is 7.99. The maximum absolute atomic E-state index is 12.5. The normalized spacial score (nSPS) is 24.6. The topological polar surface area (TPSA) is 49.3 Å². The third-order valence-corrected chi connectivity index (χ3v) is 6.62. The van der Waals surface area contributed by atoms with Gasteiger partial charge in [-0.05, 0) is 38.0 Å². The molecule has 0 aliphatic carbocycles. The van der Waals surface area contributed by atoms with Gasteiger partial charge in [-0.2, -0.15) is 11.8 Å². The molecule has 2 aliphatic rings. The zero-order valence-corrected chi connectivity index (χ0v) is 17.2. The second-order valence-corrected chi connectivity index (χ2v) is 9.88. The molecule has 0 saturated carbocycles. The zero-order valence-electron chi connectivity index (χ0n) is 16.4. The van der Waals surface area contributed by atoms with Gasteiger partial charge in [-0.3, -0.25) is 14.8 Å². The number of carbonyl (C=O) groups excluding carboxylic acids is 1. The molecule has 3 rings (SSSR count). The Morgan fingerprint density at radius 1 is 1.23 bits per heavy atom. The van der Waals surface area contributed by atoms with E-state index in [9.17, 15) is 4.79 Å². The maximum Gasteiger partial charge on any atom is 0.222 e. The average molecular weight is 377 g/mol. The summed E-state index contributed by atoms with van der Waals surface area (Å²) in [7, 11) is 0. The van der Waals surface area contributed by atoms with E-state index in [2.05, 4.69) is 28.7 Å². The average Bonchev–Trinajstić information content (AvgIpc) is 2.60. The molecule has 2 aliphatic heterocycles. The molecular weight excluding hydrogens is 344 g/mol. The molecule has 1 aromatic rings. The van der Waals surface area contributed by atoms with Crippen molar-refractivity contribution in [2.45, 2.75) is 58.2 Å². The molecule has 1 spiro atoms. The number of aryl methyl sites for hydroxylation is 1. The van der Waals surface area contributed by atoms with E-state index in [1.54, 1.807) is 12.4 Å². The van der Waals surface area contributed by atoms with Gasteiger partial charge in [0.2, 0.25) is 5.91 Å². The molecule has 0 aromatic carbocycles. The predicted molar refractivity (Wildman–Crippen MR) is 107 cm³/mol. The summed E-state index contributed by atoms with van der Waals surface area (Å²) in [5.74, 6) is 1.47. The van der Waals surface area contributed by atoms with Crippen LogP contribution in [0.1, 0.15) is 50.9 Å². The number of carbonyl (C=O) groups is 1. The van der Waals surface area contributed by atoms with E-state index in [0.717, 1.165) is 30.9 Å². The molecule has 0 bridgehead atoms. The summed E-state index contributed by atoms with van der Waals surface area (Å²) in [6.07, 6.45) is 7.79. The fraction of sp³-hybridized carbons (Fsp3) is 0.750. The van der Waals surface area contributed by atoms with Crippen LogP contribution in [0.2, 0.25) is 0 Å². The van der Waals surface area contributed by atoms with Crippen LogP contribution in [0.5, 0.6) is 0 Å². The first-order valence-corrected chi connectivity index (χ1v) is 10.9. The maximum atomic E-state index is 12.5. The minimum atomic E-state index is 0.269. The molecule has 3 heterocycles. The van der Waals surface area contributed by atoms with Crippen LogP contribution in [0.15, 0.2) is 12.4 Å². The zero-order chi connectivity index (χ0) is 18.6. The minimum absolute atomic E-state index is 0.269. The van der Waals surface area contributed by atoms with Crippen LogP contribution >= 0.6 is 11.8 Å². The third kappa shape index (κ3) is 5.19. The number of piperidine rings is 2. The van der Waals surface area contributed by atoms with Gasteiger partial charge in [0.25, 0.3) is 0 Å². The Bertz CT molecular complexity index is 606. The first kappa shape index (κ1) is 19.6. The molecule has 2 saturated heterocycles. The van der Waals surface area contributed by atoms with Gasteiger partial charge in [0.1, 0.15) is 0 Å². The Kier molecular flexibility index (Phi) is 6.56. The van der Waals surface area contributed by atoms with Crippen molar-refractivity contribution in [2.24, 2.45) is 5.41 Å². The van der Waals surface area contributed by atoms with Crippen molar-refractivity contribution >= 4 is 17.7 Å². The summed E-state index contributed by atoms with van der Waals surface area (Å²) >= 11 is 2.04. The Morgan fingerprint density at radius 3 is 2.81 bits per heavy atom. The summed E-state index contributed by atoms with van der Waals surface area (Å²) in [6, 6.07) is 0. The van der Waals surface area contributed by atoms with Crippen molar-refractivity contribution in [1.82, 2.24) is 19.8 Å². The monoisotopic (exact) mass is 376 g/mol. The van der Waals surface area contributed by atoms with Gasteiger partial charge in [0, 0.05) is 43.4 Å².